The van der Waals surface area contributed by atoms with E-state index in [9.17, 15) is 13.6 Å². The van der Waals surface area contributed by atoms with Gasteiger partial charge in [0.1, 0.15) is 5.75 Å². The minimum Gasteiger partial charge on any atom is -0.435 e. The Kier molecular flexibility index (Phi) is 6.88. The number of carbonyl (C=O) groups is 1. The number of rotatable bonds is 8. The number of alkyl halides is 2. The van der Waals surface area contributed by atoms with Crippen molar-refractivity contribution in [2.24, 2.45) is 0 Å². The molecule has 30 heavy (non-hydrogen) atoms. The molecule has 1 heterocycles. The molecule has 0 spiro atoms. The Balaban J connectivity index is 1.73. The van der Waals surface area contributed by atoms with Crippen LogP contribution in [0.25, 0.3) is 11.4 Å². The molecule has 3 aromatic rings. The number of nitrogens with zero attached hydrogens (tertiary/aromatic N) is 4. The molecule has 0 saturated carbocycles. The number of thioether (sulfide) groups is 1. The number of hydrogen-bond acceptors (Lipinski definition) is 6. The van der Waals surface area contributed by atoms with E-state index in [1.54, 1.807) is 24.0 Å². The predicted molar refractivity (Wildman–Crippen MR) is 112 cm³/mol. The quantitative estimate of drug-likeness (QED) is 0.430. The number of benzene rings is 2. The molecule has 7 nitrogen and oxygen atoms in total. The van der Waals surface area contributed by atoms with Crippen molar-refractivity contribution in [2.75, 3.05) is 17.3 Å². The number of amides is 1. The third-order valence-corrected chi connectivity index (χ3v) is 5.33. The number of nitrogens with two attached hydrogens (primary N) is 1. The number of nitrogen functional groups attached to an aromatic ring is 1. The smallest absolute Gasteiger partial charge is 0.387 e. The van der Waals surface area contributed by atoms with E-state index in [4.69, 9.17) is 5.84 Å². The Bertz CT molecular complexity index is 983. The fourth-order valence-corrected chi connectivity index (χ4v) is 3.67. The van der Waals surface area contributed by atoms with Crippen molar-refractivity contribution in [1.82, 2.24) is 14.9 Å². The van der Waals surface area contributed by atoms with E-state index in [0.29, 0.717) is 23.1 Å². The molecule has 2 aromatic carbocycles. The van der Waals surface area contributed by atoms with Crippen LogP contribution in [0.2, 0.25) is 0 Å². The second kappa shape index (κ2) is 9.57. The first-order valence-electron chi connectivity index (χ1n) is 9.19. The molecule has 1 atom stereocenters. The molecule has 0 aliphatic heterocycles. The van der Waals surface area contributed by atoms with Gasteiger partial charge in [-0.25, -0.2) is 4.68 Å². The second-order valence-corrected chi connectivity index (χ2v) is 7.57. The van der Waals surface area contributed by atoms with Crippen molar-refractivity contribution in [3.05, 3.63) is 54.6 Å². The number of hydrogen-bond donors (Lipinski definition) is 1. The maximum Gasteiger partial charge on any atom is 0.387 e. The van der Waals surface area contributed by atoms with Crippen molar-refractivity contribution in [3.8, 4) is 17.1 Å². The van der Waals surface area contributed by atoms with Gasteiger partial charge in [0.15, 0.2) is 5.82 Å². The maximum absolute atomic E-state index is 12.9. The van der Waals surface area contributed by atoms with Crippen molar-refractivity contribution in [1.29, 1.82) is 0 Å². The maximum atomic E-state index is 12.9. The van der Waals surface area contributed by atoms with Gasteiger partial charge in [0, 0.05) is 17.8 Å². The standard InChI is InChI=1S/C20H21F2N5O2S/c1-3-26(15-7-5-4-6-8-15)18(28)13(2)30-20-25-24-17(27(20)23)14-9-11-16(12-10-14)29-19(21)22/h4-13,19H,3,23H2,1-2H3/t13-/m1/s1. The lowest BCUT2D eigenvalue weighted by Gasteiger charge is -2.24. The lowest BCUT2D eigenvalue weighted by molar-refractivity contribution is -0.117. The lowest BCUT2D eigenvalue weighted by atomic mass is 10.2. The van der Waals surface area contributed by atoms with Gasteiger partial charge in [-0.05, 0) is 50.2 Å². The summed E-state index contributed by atoms with van der Waals surface area (Å²) in [5.41, 5.74) is 1.40. The normalized spacial score (nSPS) is 12.0. The summed E-state index contributed by atoms with van der Waals surface area (Å²) in [5.74, 6) is 6.42. The minimum absolute atomic E-state index is 0.0335. The summed E-state index contributed by atoms with van der Waals surface area (Å²) in [5, 5.41) is 8.05. The van der Waals surface area contributed by atoms with E-state index >= 15 is 0 Å². The molecule has 10 heteroatoms. The van der Waals surface area contributed by atoms with Crippen LogP contribution in [-0.4, -0.2) is 39.2 Å². The zero-order chi connectivity index (χ0) is 21.7. The molecule has 0 saturated heterocycles. The molecule has 0 aliphatic rings. The monoisotopic (exact) mass is 433 g/mol. The molecule has 0 unspecified atom stereocenters. The van der Waals surface area contributed by atoms with E-state index in [1.165, 1.54) is 28.6 Å². The van der Waals surface area contributed by atoms with Gasteiger partial charge in [-0.3, -0.25) is 4.79 Å². The summed E-state index contributed by atoms with van der Waals surface area (Å²) in [6, 6.07) is 15.3. The fourth-order valence-electron chi connectivity index (χ4n) is 2.84. The lowest BCUT2D eigenvalue weighted by Crippen LogP contribution is -2.36. The highest BCUT2D eigenvalue weighted by Crippen LogP contribution is 2.28. The molecular formula is C20H21F2N5O2S. The van der Waals surface area contributed by atoms with Gasteiger partial charge in [0.2, 0.25) is 11.1 Å². The Hall–Kier alpha value is -3.14. The van der Waals surface area contributed by atoms with Crippen LogP contribution in [0.4, 0.5) is 14.5 Å². The molecule has 3 rings (SSSR count). The van der Waals surface area contributed by atoms with Gasteiger partial charge in [-0.15, -0.1) is 10.2 Å². The first-order valence-corrected chi connectivity index (χ1v) is 10.1. The molecule has 0 radical (unpaired) electrons. The minimum atomic E-state index is -2.89. The van der Waals surface area contributed by atoms with Crippen LogP contribution >= 0.6 is 11.8 Å². The average molecular weight is 433 g/mol. The van der Waals surface area contributed by atoms with Crippen molar-refractivity contribution in [3.63, 3.8) is 0 Å². The molecule has 0 bridgehead atoms. The van der Waals surface area contributed by atoms with Crippen LogP contribution in [0, 0.1) is 0 Å². The number of para-hydroxylation sites is 1. The van der Waals surface area contributed by atoms with Crippen molar-refractivity contribution in [2.45, 2.75) is 30.9 Å². The van der Waals surface area contributed by atoms with Crippen molar-refractivity contribution < 1.29 is 18.3 Å². The summed E-state index contributed by atoms with van der Waals surface area (Å²) in [6.07, 6.45) is 0. The van der Waals surface area contributed by atoms with Crippen molar-refractivity contribution >= 4 is 23.4 Å². The predicted octanol–water partition coefficient (Wildman–Crippen LogP) is 3.79. The Morgan fingerprint density at radius 3 is 2.43 bits per heavy atom. The van der Waals surface area contributed by atoms with Crippen LogP contribution in [0.1, 0.15) is 13.8 Å². The van der Waals surface area contributed by atoms with Gasteiger partial charge >= 0.3 is 6.61 Å². The fraction of sp³-hybridized carbons (Fsp3) is 0.250. The third kappa shape index (κ3) is 4.88. The van der Waals surface area contributed by atoms with Gasteiger partial charge in [0.05, 0.1) is 5.25 Å². The highest BCUT2D eigenvalue weighted by molar-refractivity contribution is 8.00. The van der Waals surface area contributed by atoms with E-state index in [0.717, 1.165) is 5.69 Å². The average Bonchev–Trinajstić information content (AvgIpc) is 3.09. The summed E-state index contributed by atoms with van der Waals surface area (Å²) >= 11 is 1.19. The third-order valence-electron chi connectivity index (χ3n) is 4.28. The van der Waals surface area contributed by atoms with E-state index in [2.05, 4.69) is 14.9 Å². The first kappa shape index (κ1) is 21.6. The molecule has 0 aliphatic carbocycles. The zero-order valence-electron chi connectivity index (χ0n) is 16.4. The number of ether oxygens (including phenoxy) is 1. The van der Waals surface area contributed by atoms with Gasteiger partial charge < -0.3 is 15.5 Å². The first-order chi connectivity index (χ1) is 14.4. The van der Waals surface area contributed by atoms with Crippen LogP contribution in [0.5, 0.6) is 5.75 Å². The second-order valence-electron chi connectivity index (χ2n) is 6.26. The molecule has 158 valence electrons. The number of anilines is 1. The van der Waals surface area contributed by atoms with Crippen LogP contribution in [-0.2, 0) is 4.79 Å². The summed E-state index contributed by atoms with van der Waals surface area (Å²) in [4.78, 5) is 14.6. The summed E-state index contributed by atoms with van der Waals surface area (Å²) < 4.78 is 30.2. The van der Waals surface area contributed by atoms with Gasteiger partial charge in [0.25, 0.3) is 0 Å². The Morgan fingerprint density at radius 2 is 1.83 bits per heavy atom. The van der Waals surface area contributed by atoms with E-state index in [-0.39, 0.29) is 11.7 Å². The summed E-state index contributed by atoms with van der Waals surface area (Å²) in [7, 11) is 0. The molecule has 1 amide bonds. The molecule has 2 N–H and O–H groups in total. The SMILES string of the molecule is CCN(C(=O)[C@@H](C)Sc1nnc(-c2ccc(OC(F)F)cc2)n1N)c1ccccc1. The van der Waals surface area contributed by atoms with Crippen LogP contribution in [0.3, 0.4) is 0 Å². The molecular weight excluding hydrogens is 412 g/mol. The van der Waals surface area contributed by atoms with E-state index < -0.39 is 11.9 Å². The number of aromatic nitrogens is 3. The number of carbonyl (C=O) groups excluding carboxylic acids is 1. The van der Waals surface area contributed by atoms with Crippen LogP contribution in [0.15, 0.2) is 59.8 Å². The van der Waals surface area contributed by atoms with Crippen LogP contribution < -0.4 is 15.5 Å². The summed E-state index contributed by atoms with van der Waals surface area (Å²) in [6.45, 7) is 1.33. The molecule has 0 fully saturated rings. The molecule has 1 aromatic heterocycles. The number of halogens is 2. The van der Waals surface area contributed by atoms with E-state index in [1.807, 2.05) is 37.3 Å². The van der Waals surface area contributed by atoms with Gasteiger partial charge in [-0.1, -0.05) is 30.0 Å². The van der Waals surface area contributed by atoms with Gasteiger partial charge in [-0.2, -0.15) is 8.78 Å². The Morgan fingerprint density at radius 1 is 1.17 bits per heavy atom. The Labute approximate surface area is 176 Å². The topological polar surface area (TPSA) is 86.3 Å². The largest absolute Gasteiger partial charge is 0.435 e. The zero-order valence-corrected chi connectivity index (χ0v) is 17.2. The highest BCUT2D eigenvalue weighted by Gasteiger charge is 2.24. The highest BCUT2D eigenvalue weighted by atomic mass is 32.2.